The lowest BCUT2D eigenvalue weighted by Gasteiger charge is -2.09. The minimum absolute atomic E-state index is 0.0818. The maximum Gasteiger partial charge on any atom is 0.341 e. The highest BCUT2D eigenvalue weighted by molar-refractivity contribution is 5.95. The molecule has 0 bridgehead atoms. The Morgan fingerprint density at radius 3 is 1.35 bits per heavy atom. The number of ether oxygens (including phenoxy) is 2. The first-order valence-corrected chi connectivity index (χ1v) is 15.3. The van der Waals surface area contributed by atoms with Gasteiger partial charge in [-0.2, -0.15) is 0 Å². The van der Waals surface area contributed by atoms with Crippen molar-refractivity contribution in [2.75, 3.05) is 13.2 Å². The highest BCUT2D eigenvalue weighted by atomic mass is 16.5. The van der Waals surface area contributed by atoms with Crippen molar-refractivity contribution in [1.29, 1.82) is 0 Å². The number of unbranched alkanes of at least 4 members (excludes halogenated alkanes) is 18. The van der Waals surface area contributed by atoms with Crippen molar-refractivity contribution in [3.05, 3.63) is 29.3 Å². The van der Waals surface area contributed by atoms with Gasteiger partial charge in [-0.05, 0) is 31.0 Å². The predicted octanol–water partition coefficient (Wildman–Crippen LogP) is 9.55. The van der Waals surface area contributed by atoms with Crippen molar-refractivity contribution >= 4 is 11.9 Å². The van der Waals surface area contributed by atoms with Crippen LogP contribution in [0.15, 0.2) is 18.2 Å². The lowest BCUT2D eigenvalue weighted by Crippen LogP contribution is -2.09. The maximum absolute atomic E-state index is 12.3. The molecule has 0 saturated heterocycles. The zero-order valence-electron chi connectivity index (χ0n) is 23.9. The molecule has 5 nitrogen and oxygen atoms in total. The van der Waals surface area contributed by atoms with Gasteiger partial charge in [-0.25, -0.2) is 9.59 Å². The number of carbonyl (C=O) groups excluding carboxylic acids is 2. The van der Waals surface area contributed by atoms with Crippen LogP contribution >= 0.6 is 0 Å². The third-order valence-electron chi connectivity index (χ3n) is 6.92. The van der Waals surface area contributed by atoms with Gasteiger partial charge in [-0.15, -0.1) is 0 Å². The Bertz CT molecular complexity index is 715. The molecule has 5 heteroatoms. The van der Waals surface area contributed by atoms with E-state index in [9.17, 15) is 14.7 Å². The van der Waals surface area contributed by atoms with Gasteiger partial charge in [-0.1, -0.05) is 129 Å². The predicted molar refractivity (Wildman–Crippen MR) is 152 cm³/mol. The van der Waals surface area contributed by atoms with E-state index < -0.39 is 11.9 Å². The fourth-order valence-electron chi connectivity index (χ4n) is 4.50. The van der Waals surface area contributed by atoms with E-state index in [1.165, 1.54) is 115 Å². The average Bonchev–Trinajstić information content (AvgIpc) is 2.90. The van der Waals surface area contributed by atoms with Gasteiger partial charge in [0.2, 0.25) is 0 Å². The molecule has 37 heavy (non-hydrogen) atoms. The molecule has 0 radical (unpaired) electrons. The van der Waals surface area contributed by atoms with E-state index in [1.54, 1.807) is 0 Å². The van der Waals surface area contributed by atoms with Crippen molar-refractivity contribution in [3.8, 4) is 5.75 Å². The first-order valence-electron chi connectivity index (χ1n) is 15.3. The second-order valence-electron chi connectivity index (χ2n) is 10.4. The molecule has 0 amide bonds. The van der Waals surface area contributed by atoms with Crippen LogP contribution in [0.2, 0.25) is 0 Å². The van der Waals surface area contributed by atoms with Crippen molar-refractivity contribution in [2.24, 2.45) is 0 Å². The summed E-state index contributed by atoms with van der Waals surface area (Å²) in [6, 6.07) is 4.24. The quantitative estimate of drug-likeness (QED) is 0.109. The molecule has 0 aliphatic heterocycles. The smallest absolute Gasteiger partial charge is 0.341 e. The standard InChI is InChI=1S/C32H54O5/c1-3-5-7-9-11-13-15-17-19-21-25-36-31(34)28-23-24-29(30(33)27-28)32(35)37-26-22-20-18-16-14-12-10-8-6-4-2/h23-24,27,33H,3-22,25-26H2,1-2H3. The number of rotatable bonds is 24. The molecule has 0 spiro atoms. The van der Waals surface area contributed by atoms with Crippen molar-refractivity contribution in [2.45, 2.75) is 142 Å². The summed E-state index contributed by atoms with van der Waals surface area (Å²) >= 11 is 0. The van der Waals surface area contributed by atoms with Crippen LogP contribution < -0.4 is 0 Å². The first kappa shape index (κ1) is 33.0. The van der Waals surface area contributed by atoms with Crippen LogP contribution in [0.1, 0.15) is 163 Å². The van der Waals surface area contributed by atoms with E-state index in [0.29, 0.717) is 13.2 Å². The number of benzene rings is 1. The Balaban J connectivity index is 2.13. The SMILES string of the molecule is CCCCCCCCCCCCOC(=O)c1ccc(C(=O)OCCCCCCCCCCCC)c(O)c1. The molecule has 0 aliphatic carbocycles. The summed E-state index contributed by atoms with van der Waals surface area (Å²) in [5, 5.41) is 10.2. The van der Waals surface area contributed by atoms with E-state index in [2.05, 4.69) is 13.8 Å². The van der Waals surface area contributed by atoms with Crippen LogP contribution in [-0.4, -0.2) is 30.3 Å². The number of hydrogen-bond donors (Lipinski definition) is 1. The minimum atomic E-state index is -0.557. The zero-order valence-corrected chi connectivity index (χ0v) is 23.9. The molecule has 0 unspecified atom stereocenters. The van der Waals surface area contributed by atoms with E-state index in [4.69, 9.17) is 9.47 Å². The third-order valence-corrected chi connectivity index (χ3v) is 6.92. The van der Waals surface area contributed by atoms with Gasteiger partial charge < -0.3 is 14.6 Å². The van der Waals surface area contributed by atoms with Crippen molar-refractivity contribution < 1.29 is 24.2 Å². The number of phenolic OH excluding ortho intramolecular Hbond substituents is 1. The Morgan fingerprint density at radius 1 is 0.568 bits per heavy atom. The zero-order chi connectivity index (χ0) is 27.0. The van der Waals surface area contributed by atoms with Gasteiger partial charge in [0.25, 0.3) is 0 Å². The van der Waals surface area contributed by atoms with Gasteiger partial charge in [0, 0.05) is 0 Å². The molecule has 0 aromatic heterocycles. The lowest BCUT2D eigenvalue weighted by molar-refractivity contribution is 0.0480. The topological polar surface area (TPSA) is 72.8 Å². The fourth-order valence-corrected chi connectivity index (χ4v) is 4.50. The van der Waals surface area contributed by atoms with E-state index in [1.807, 2.05) is 0 Å². The lowest BCUT2D eigenvalue weighted by atomic mass is 10.1. The highest BCUT2D eigenvalue weighted by Gasteiger charge is 2.16. The third kappa shape index (κ3) is 17.2. The molecular formula is C32H54O5. The Hall–Kier alpha value is -2.04. The van der Waals surface area contributed by atoms with Crippen LogP contribution in [0.25, 0.3) is 0 Å². The van der Waals surface area contributed by atoms with Crippen LogP contribution in [0.5, 0.6) is 5.75 Å². The van der Waals surface area contributed by atoms with E-state index >= 15 is 0 Å². The molecule has 0 fully saturated rings. The summed E-state index contributed by atoms with van der Waals surface area (Å²) in [6.07, 6.45) is 24.4. The molecule has 1 aromatic rings. The van der Waals surface area contributed by atoms with Gasteiger partial charge in [0.1, 0.15) is 11.3 Å². The number of esters is 2. The van der Waals surface area contributed by atoms with Crippen LogP contribution in [0.3, 0.4) is 0 Å². The van der Waals surface area contributed by atoms with Crippen LogP contribution in [0, 0.1) is 0 Å². The van der Waals surface area contributed by atoms with E-state index in [-0.39, 0.29) is 16.9 Å². The minimum Gasteiger partial charge on any atom is -0.507 e. The summed E-state index contributed by atoms with van der Waals surface area (Å²) in [4.78, 5) is 24.6. The molecule has 0 saturated carbocycles. The summed E-state index contributed by atoms with van der Waals surface area (Å²) in [7, 11) is 0. The maximum atomic E-state index is 12.3. The monoisotopic (exact) mass is 518 g/mol. The summed E-state index contributed by atoms with van der Waals surface area (Å²) < 4.78 is 10.6. The fraction of sp³-hybridized carbons (Fsp3) is 0.750. The normalized spacial score (nSPS) is 11.0. The largest absolute Gasteiger partial charge is 0.507 e. The highest BCUT2D eigenvalue weighted by Crippen LogP contribution is 2.21. The number of hydrogen-bond acceptors (Lipinski definition) is 5. The van der Waals surface area contributed by atoms with Crippen LogP contribution in [0.4, 0.5) is 0 Å². The first-order chi connectivity index (χ1) is 18.1. The Morgan fingerprint density at radius 2 is 0.946 bits per heavy atom. The molecule has 0 aliphatic rings. The molecule has 0 heterocycles. The van der Waals surface area contributed by atoms with Crippen LogP contribution in [-0.2, 0) is 9.47 Å². The number of carbonyl (C=O) groups is 2. The molecule has 0 atom stereocenters. The van der Waals surface area contributed by atoms with Crippen molar-refractivity contribution in [1.82, 2.24) is 0 Å². The number of phenols is 1. The molecule has 1 aromatic carbocycles. The summed E-state index contributed by atoms with van der Waals surface area (Å²) in [6.45, 7) is 5.19. The van der Waals surface area contributed by atoms with Gasteiger partial charge in [-0.3, -0.25) is 0 Å². The van der Waals surface area contributed by atoms with Crippen molar-refractivity contribution in [3.63, 3.8) is 0 Å². The molecule has 1 N–H and O–H groups in total. The second-order valence-corrected chi connectivity index (χ2v) is 10.4. The average molecular weight is 519 g/mol. The van der Waals surface area contributed by atoms with Gasteiger partial charge in [0.05, 0.1) is 18.8 Å². The molecular weight excluding hydrogens is 464 g/mol. The number of aromatic hydroxyl groups is 1. The van der Waals surface area contributed by atoms with E-state index in [0.717, 1.165) is 32.1 Å². The summed E-state index contributed by atoms with van der Waals surface area (Å²) in [5.74, 6) is -1.28. The summed E-state index contributed by atoms with van der Waals surface area (Å²) in [5.41, 5.74) is 0.328. The second kappa shape index (κ2) is 23.1. The Kier molecular flexibility index (Phi) is 20.6. The van der Waals surface area contributed by atoms with Gasteiger partial charge in [0.15, 0.2) is 0 Å². The Labute approximate surface area is 226 Å². The van der Waals surface area contributed by atoms with Gasteiger partial charge >= 0.3 is 11.9 Å². The molecule has 1 rings (SSSR count). The molecule has 212 valence electrons.